The molecule has 1 aliphatic rings. The molecule has 1 unspecified atom stereocenters. The molecule has 6 nitrogen and oxygen atoms in total. The number of carbonyl (C=O) groups excluding carboxylic acids is 1. The number of nitrogens with one attached hydrogen (secondary N) is 2. The lowest BCUT2D eigenvalue weighted by molar-refractivity contribution is 0.166. The van der Waals surface area contributed by atoms with Gasteiger partial charge in [0.25, 0.3) is 0 Å². The smallest absolute Gasteiger partial charge is 0.317 e. The number of sulfonamides is 1. The third kappa shape index (κ3) is 6.77. The standard InChI is InChI=1S/C12H25N3O3S/c1-3-4-7-13-12(16)15-8-5-6-11(10-15)9-14-19(2,17)18/h11,14H,3-10H2,1-2H3,(H,13,16). The fourth-order valence-corrected chi connectivity index (χ4v) is 2.71. The number of likely N-dealkylation sites (tertiary alicyclic amines) is 1. The predicted octanol–water partition coefficient (Wildman–Crippen LogP) is 0.757. The fourth-order valence-electron chi connectivity index (χ4n) is 2.17. The summed E-state index contributed by atoms with van der Waals surface area (Å²) in [7, 11) is -3.15. The molecule has 2 N–H and O–H groups in total. The predicted molar refractivity (Wildman–Crippen MR) is 75.5 cm³/mol. The van der Waals surface area contributed by atoms with E-state index in [4.69, 9.17) is 0 Å². The van der Waals surface area contributed by atoms with Crippen LogP contribution in [0.5, 0.6) is 0 Å². The molecule has 1 heterocycles. The molecule has 0 spiro atoms. The summed E-state index contributed by atoms with van der Waals surface area (Å²) in [4.78, 5) is 13.7. The zero-order chi connectivity index (χ0) is 14.3. The lowest BCUT2D eigenvalue weighted by atomic mass is 9.99. The van der Waals surface area contributed by atoms with Crippen LogP contribution in [-0.2, 0) is 10.0 Å². The van der Waals surface area contributed by atoms with Crippen LogP contribution in [0.3, 0.4) is 0 Å². The summed E-state index contributed by atoms with van der Waals surface area (Å²) in [6.45, 7) is 4.59. The molecule has 0 aromatic carbocycles. The first-order chi connectivity index (χ1) is 8.92. The van der Waals surface area contributed by atoms with E-state index >= 15 is 0 Å². The van der Waals surface area contributed by atoms with Crippen LogP contribution in [0.2, 0.25) is 0 Å². The van der Waals surface area contributed by atoms with Crippen LogP contribution in [0.1, 0.15) is 32.6 Å². The molecule has 0 saturated carbocycles. The molecule has 0 bridgehead atoms. The van der Waals surface area contributed by atoms with E-state index in [1.165, 1.54) is 0 Å². The van der Waals surface area contributed by atoms with E-state index in [1.54, 1.807) is 4.90 Å². The second-order valence-electron chi connectivity index (χ2n) is 5.16. The number of unbranched alkanes of at least 4 members (excludes halogenated alkanes) is 1. The third-order valence-corrected chi connectivity index (χ3v) is 3.94. The van der Waals surface area contributed by atoms with Gasteiger partial charge in [-0.05, 0) is 25.2 Å². The Morgan fingerprint density at radius 1 is 1.42 bits per heavy atom. The van der Waals surface area contributed by atoms with E-state index < -0.39 is 10.0 Å². The zero-order valence-corrected chi connectivity index (χ0v) is 12.6. The van der Waals surface area contributed by atoms with Crippen molar-refractivity contribution in [2.75, 3.05) is 32.4 Å². The van der Waals surface area contributed by atoms with Crippen LogP contribution in [0.4, 0.5) is 4.79 Å². The molecule has 0 aromatic rings. The van der Waals surface area contributed by atoms with Gasteiger partial charge in [-0.3, -0.25) is 0 Å². The Kier molecular flexibility index (Phi) is 6.57. The highest BCUT2D eigenvalue weighted by Crippen LogP contribution is 2.15. The summed E-state index contributed by atoms with van der Waals surface area (Å²) in [5, 5.41) is 2.89. The van der Waals surface area contributed by atoms with Crippen LogP contribution >= 0.6 is 0 Å². The number of piperidine rings is 1. The molecule has 1 rings (SSSR count). The van der Waals surface area contributed by atoms with Crippen molar-refractivity contribution in [1.29, 1.82) is 0 Å². The first-order valence-corrected chi connectivity index (χ1v) is 8.79. The van der Waals surface area contributed by atoms with E-state index in [1.807, 2.05) is 0 Å². The highest BCUT2D eigenvalue weighted by molar-refractivity contribution is 7.88. The number of hydrogen-bond donors (Lipinski definition) is 2. The fraction of sp³-hybridized carbons (Fsp3) is 0.917. The van der Waals surface area contributed by atoms with Crippen LogP contribution in [-0.4, -0.2) is 51.8 Å². The topological polar surface area (TPSA) is 78.5 Å². The van der Waals surface area contributed by atoms with Crippen molar-refractivity contribution in [3.63, 3.8) is 0 Å². The van der Waals surface area contributed by atoms with E-state index in [2.05, 4.69) is 17.0 Å². The SMILES string of the molecule is CCCCNC(=O)N1CCCC(CNS(C)(=O)=O)C1. The third-order valence-electron chi connectivity index (χ3n) is 3.25. The van der Waals surface area contributed by atoms with Crippen molar-refractivity contribution in [1.82, 2.24) is 14.9 Å². The minimum Gasteiger partial charge on any atom is -0.338 e. The van der Waals surface area contributed by atoms with E-state index in [0.717, 1.165) is 38.5 Å². The molecular formula is C12H25N3O3S. The second-order valence-corrected chi connectivity index (χ2v) is 6.99. The molecule has 1 saturated heterocycles. The van der Waals surface area contributed by atoms with Gasteiger partial charge in [0, 0.05) is 26.2 Å². The number of nitrogens with zero attached hydrogens (tertiary/aromatic N) is 1. The van der Waals surface area contributed by atoms with Gasteiger partial charge in [-0.25, -0.2) is 17.9 Å². The first-order valence-electron chi connectivity index (χ1n) is 6.89. The van der Waals surface area contributed by atoms with E-state index in [-0.39, 0.29) is 11.9 Å². The normalized spacial score (nSPS) is 20.3. The molecule has 7 heteroatoms. The van der Waals surface area contributed by atoms with Gasteiger partial charge in [0.1, 0.15) is 0 Å². The minimum atomic E-state index is -3.15. The Morgan fingerprint density at radius 3 is 2.79 bits per heavy atom. The summed E-state index contributed by atoms with van der Waals surface area (Å²) in [6, 6.07) is -0.0301. The average Bonchev–Trinajstić information content (AvgIpc) is 2.36. The molecule has 19 heavy (non-hydrogen) atoms. The maximum Gasteiger partial charge on any atom is 0.317 e. The summed E-state index contributed by atoms with van der Waals surface area (Å²) in [5.41, 5.74) is 0. The van der Waals surface area contributed by atoms with Crippen molar-refractivity contribution in [2.45, 2.75) is 32.6 Å². The summed E-state index contributed by atoms with van der Waals surface area (Å²) < 4.78 is 24.6. The van der Waals surface area contributed by atoms with E-state index in [0.29, 0.717) is 19.6 Å². The highest BCUT2D eigenvalue weighted by Gasteiger charge is 2.23. The van der Waals surface area contributed by atoms with Gasteiger partial charge < -0.3 is 10.2 Å². The van der Waals surface area contributed by atoms with Gasteiger partial charge in [0.15, 0.2) is 0 Å². The molecule has 0 aliphatic carbocycles. The van der Waals surface area contributed by atoms with Crippen LogP contribution in [0.25, 0.3) is 0 Å². The van der Waals surface area contributed by atoms with E-state index in [9.17, 15) is 13.2 Å². The molecule has 0 radical (unpaired) electrons. The van der Waals surface area contributed by atoms with Gasteiger partial charge in [0.05, 0.1) is 6.26 Å². The van der Waals surface area contributed by atoms with Crippen molar-refractivity contribution in [3.8, 4) is 0 Å². The van der Waals surface area contributed by atoms with Gasteiger partial charge in [0.2, 0.25) is 10.0 Å². The second kappa shape index (κ2) is 7.69. The molecule has 2 amide bonds. The molecule has 1 atom stereocenters. The largest absolute Gasteiger partial charge is 0.338 e. The molecular weight excluding hydrogens is 266 g/mol. The maximum absolute atomic E-state index is 11.9. The summed E-state index contributed by atoms with van der Waals surface area (Å²) in [5.74, 6) is 0.209. The monoisotopic (exact) mass is 291 g/mol. The molecule has 1 aliphatic heterocycles. The number of rotatable bonds is 6. The lowest BCUT2D eigenvalue weighted by Crippen LogP contribution is -2.47. The van der Waals surface area contributed by atoms with Crippen LogP contribution < -0.4 is 10.0 Å². The van der Waals surface area contributed by atoms with Crippen molar-refractivity contribution < 1.29 is 13.2 Å². The highest BCUT2D eigenvalue weighted by atomic mass is 32.2. The van der Waals surface area contributed by atoms with Crippen molar-refractivity contribution >= 4 is 16.1 Å². The number of carbonyl (C=O) groups is 1. The Bertz CT molecular complexity index is 384. The van der Waals surface area contributed by atoms with Gasteiger partial charge >= 0.3 is 6.03 Å². The summed E-state index contributed by atoms with van der Waals surface area (Å²) in [6.07, 6.45) is 5.09. The quantitative estimate of drug-likeness (QED) is 0.709. The molecule has 1 fully saturated rings. The maximum atomic E-state index is 11.9. The number of urea groups is 1. The number of amides is 2. The van der Waals surface area contributed by atoms with Crippen molar-refractivity contribution in [2.24, 2.45) is 5.92 Å². The average molecular weight is 291 g/mol. The Morgan fingerprint density at radius 2 is 2.16 bits per heavy atom. The van der Waals surface area contributed by atoms with Crippen LogP contribution in [0, 0.1) is 5.92 Å². The number of hydrogen-bond acceptors (Lipinski definition) is 3. The van der Waals surface area contributed by atoms with Crippen molar-refractivity contribution in [3.05, 3.63) is 0 Å². The Balaban J connectivity index is 2.34. The minimum absolute atomic E-state index is 0.0301. The Labute approximate surface area is 116 Å². The van der Waals surface area contributed by atoms with Crippen LogP contribution in [0.15, 0.2) is 0 Å². The Hall–Kier alpha value is -0.820. The van der Waals surface area contributed by atoms with Gasteiger partial charge in [-0.15, -0.1) is 0 Å². The molecule has 0 aromatic heterocycles. The first kappa shape index (κ1) is 16.2. The zero-order valence-electron chi connectivity index (χ0n) is 11.8. The lowest BCUT2D eigenvalue weighted by Gasteiger charge is -2.32. The van der Waals surface area contributed by atoms with Gasteiger partial charge in [-0.1, -0.05) is 13.3 Å². The molecule has 112 valence electrons. The van der Waals surface area contributed by atoms with Gasteiger partial charge in [-0.2, -0.15) is 0 Å². The summed E-state index contributed by atoms with van der Waals surface area (Å²) >= 11 is 0.